The van der Waals surface area contributed by atoms with E-state index in [9.17, 15) is 0 Å². The Morgan fingerprint density at radius 1 is 1.37 bits per heavy atom. The minimum absolute atomic E-state index is 0.706. The normalized spacial score (nSPS) is 20.4. The molecular formula is C14H22N4O. The maximum absolute atomic E-state index is 5.26. The van der Waals surface area contributed by atoms with E-state index in [2.05, 4.69) is 20.2 Å². The molecule has 1 fully saturated rings. The first-order valence-corrected chi connectivity index (χ1v) is 7.16. The molecule has 0 unspecified atom stereocenters. The van der Waals surface area contributed by atoms with Crippen LogP contribution in [-0.2, 0) is 17.7 Å². The first-order chi connectivity index (χ1) is 9.38. The molecule has 19 heavy (non-hydrogen) atoms. The van der Waals surface area contributed by atoms with E-state index in [1.807, 2.05) is 0 Å². The van der Waals surface area contributed by atoms with Crippen molar-refractivity contribution in [3.63, 3.8) is 0 Å². The van der Waals surface area contributed by atoms with Gasteiger partial charge < -0.3 is 15.0 Å². The van der Waals surface area contributed by atoms with Crippen LogP contribution >= 0.6 is 0 Å². The fraction of sp³-hybridized carbons (Fsp3) is 0.714. The van der Waals surface area contributed by atoms with Gasteiger partial charge in [-0.15, -0.1) is 0 Å². The third-order valence-corrected chi connectivity index (χ3v) is 4.17. The Bertz CT molecular complexity index is 429. The van der Waals surface area contributed by atoms with Crippen molar-refractivity contribution in [3.8, 4) is 0 Å². The summed E-state index contributed by atoms with van der Waals surface area (Å²) in [5.41, 5.74) is 2.53. The van der Waals surface area contributed by atoms with Crippen molar-refractivity contribution in [1.82, 2.24) is 15.3 Å². The van der Waals surface area contributed by atoms with Crippen LogP contribution in [0.15, 0.2) is 6.33 Å². The largest absolute Gasteiger partial charge is 0.384 e. The van der Waals surface area contributed by atoms with Gasteiger partial charge in [0.1, 0.15) is 12.1 Å². The number of ether oxygens (including phenoxy) is 1. The highest BCUT2D eigenvalue weighted by Gasteiger charge is 2.24. The van der Waals surface area contributed by atoms with Gasteiger partial charge in [0.05, 0.1) is 5.69 Å². The fourth-order valence-corrected chi connectivity index (χ4v) is 3.07. The smallest absolute Gasteiger partial charge is 0.136 e. The van der Waals surface area contributed by atoms with Gasteiger partial charge in [-0.3, -0.25) is 0 Å². The molecule has 0 aromatic carbocycles. The number of nitrogens with zero attached hydrogens (tertiary/aromatic N) is 3. The zero-order valence-corrected chi connectivity index (χ0v) is 11.6. The number of piperidine rings is 1. The minimum atomic E-state index is 0.706. The molecule has 0 spiro atoms. The third kappa shape index (κ3) is 2.72. The Morgan fingerprint density at radius 3 is 3.00 bits per heavy atom. The quantitative estimate of drug-likeness (QED) is 0.880. The molecule has 1 saturated heterocycles. The van der Waals surface area contributed by atoms with Crippen molar-refractivity contribution in [2.45, 2.75) is 25.8 Å². The van der Waals surface area contributed by atoms with Crippen LogP contribution in [0.1, 0.15) is 24.1 Å². The van der Waals surface area contributed by atoms with Crippen molar-refractivity contribution in [2.24, 2.45) is 5.92 Å². The first kappa shape index (κ1) is 12.8. The SMILES string of the molecule is COCC1CCN(c2ncnc3c2CNCC3)CC1. The Labute approximate surface area is 114 Å². The van der Waals surface area contributed by atoms with Gasteiger partial charge in [0.2, 0.25) is 0 Å². The number of rotatable bonds is 3. The number of nitrogens with one attached hydrogen (secondary N) is 1. The number of anilines is 1. The van der Waals surface area contributed by atoms with Crippen LogP contribution in [0.4, 0.5) is 5.82 Å². The van der Waals surface area contributed by atoms with Gasteiger partial charge in [-0.25, -0.2) is 9.97 Å². The van der Waals surface area contributed by atoms with E-state index in [1.165, 1.54) is 24.1 Å². The summed E-state index contributed by atoms with van der Waals surface area (Å²) < 4.78 is 5.26. The summed E-state index contributed by atoms with van der Waals surface area (Å²) in [5, 5.41) is 3.42. The highest BCUT2D eigenvalue weighted by Crippen LogP contribution is 2.27. The summed E-state index contributed by atoms with van der Waals surface area (Å²) in [5.74, 6) is 1.85. The Balaban J connectivity index is 1.73. The molecule has 2 aliphatic rings. The van der Waals surface area contributed by atoms with Crippen molar-refractivity contribution in [3.05, 3.63) is 17.6 Å². The van der Waals surface area contributed by atoms with Gasteiger partial charge in [-0.05, 0) is 18.8 Å². The van der Waals surface area contributed by atoms with Crippen molar-refractivity contribution in [2.75, 3.05) is 38.3 Å². The summed E-state index contributed by atoms with van der Waals surface area (Å²) in [6.07, 6.45) is 5.13. The molecule has 1 aromatic heterocycles. The monoisotopic (exact) mass is 262 g/mol. The topological polar surface area (TPSA) is 50.3 Å². The Kier molecular flexibility index (Phi) is 3.94. The molecule has 0 atom stereocenters. The maximum Gasteiger partial charge on any atom is 0.136 e. The summed E-state index contributed by atoms with van der Waals surface area (Å²) in [4.78, 5) is 11.4. The van der Waals surface area contributed by atoms with E-state index in [4.69, 9.17) is 4.74 Å². The number of aromatic nitrogens is 2. The van der Waals surface area contributed by atoms with E-state index in [1.54, 1.807) is 13.4 Å². The molecule has 5 heteroatoms. The lowest BCUT2D eigenvalue weighted by Gasteiger charge is -2.34. The number of hydrogen-bond donors (Lipinski definition) is 1. The lowest BCUT2D eigenvalue weighted by molar-refractivity contribution is 0.139. The van der Waals surface area contributed by atoms with E-state index in [-0.39, 0.29) is 0 Å². The van der Waals surface area contributed by atoms with Crippen molar-refractivity contribution in [1.29, 1.82) is 0 Å². The summed E-state index contributed by atoms with van der Waals surface area (Å²) in [6, 6.07) is 0. The maximum atomic E-state index is 5.26. The molecular weight excluding hydrogens is 240 g/mol. The number of hydrogen-bond acceptors (Lipinski definition) is 5. The van der Waals surface area contributed by atoms with Crippen molar-refractivity contribution < 1.29 is 4.74 Å². The average molecular weight is 262 g/mol. The summed E-state index contributed by atoms with van der Waals surface area (Å²) in [7, 11) is 1.79. The summed E-state index contributed by atoms with van der Waals surface area (Å²) >= 11 is 0. The average Bonchev–Trinajstić information content (AvgIpc) is 2.48. The second kappa shape index (κ2) is 5.84. The lowest BCUT2D eigenvalue weighted by Crippen LogP contribution is -2.37. The van der Waals surface area contributed by atoms with Crippen LogP contribution in [0, 0.1) is 5.92 Å². The highest BCUT2D eigenvalue weighted by molar-refractivity contribution is 5.49. The predicted octanol–water partition coefficient (Wildman–Crippen LogP) is 0.985. The molecule has 0 bridgehead atoms. The molecule has 5 nitrogen and oxygen atoms in total. The summed E-state index contributed by atoms with van der Waals surface area (Å²) in [6.45, 7) is 4.98. The standard InChI is InChI=1S/C14H22N4O/c1-19-9-11-3-6-18(7-4-11)14-12-8-15-5-2-13(12)16-10-17-14/h10-11,15H,2-9H2,1H3. The molecule has 0 amide bonds. The zero-order valence-electron chi connectivity index (χ0n) is 11.6. The van der Waals surface area contributed by atoms with E-state index >= 15 is 0 Å². The van der Waals surface area contributed by atoms with Crippen molar-refractivity contribution >= 4 is 5.82 Å². The van der Waals surface area contributed by atoms with Gasteiger partial charge in [0.15, 0.2) is 0 Å². The molecule has 1 aromatic rings. The fourth-order valence-electron chi connectivity index (χ4n) is 3.07. The van der Waals surface area contributed by atoms with Gasteiger partial charge in [0, 0.05) is 51.9 Å². The molecule has 1 N–H and O–H groups in total. The molecule has 3 rings (SSSR count). The van der Waals surface area contributed by atoms with Gasteiger partial charge in [0.25, 0.3) is 0 Å². The molecule has 3 heterocycles. The number of methoxy groups -OCH3 is 1. The van der Waals surface area contributed by atoms with Crippen LogP contribution in [0.25, 0.3) is 0 Å². The zero-order chi connectivity index (χ0) is 13.1. The first-order valence-electron chi connectivity index (χ1n) is 7.16. The molecule has 0 saturated carbocycles. The lowest BCUT2D eigenvalue weighted by atomic mass is 9.97. The predicted molar refractivity (Wildman–Crippen MR) is 74.3 cm³/mol. The Morgan fingerprint density at radius 2 is 2.21 bits per heavy atom. The van der Waals surface area contributed by atoms with Crippen LogP contribution in [0.3, 0.4) is 0 Å². The van der Waals surface area contributed by atoms with Crippen LogP contribution < -0.4 is 10.2 Å². The second-order valence-electron chi connectivity index (χ2n) is 5.44. The Hall–Kier alpha value is -1.20. The minimum Gasteiger partial charge on any atom is -0.384 e. The van der Waals surface area contributed by atoms with Crippen LogP contribution in [-0.4, -0.2) is 43.3 Å². The number of fused-ring (bicyclic) bond motifs is 1. The highest BCUT2D eigenvalue weighted by atomic mass is 16.5. The molecule has 2 aliphatic heterocycles. The van der Waals surface area contributed by atoms with E-state index in [0.717, 1.165) is 45.0 Å². The van der Waals surface area contributed by atoms with Crippen LogP contribution in [0.2, 0.25) is 0 Å². The second-order valence-corrected chi connectivity index (χ2v) is 5.44. The van der Waals surface area contributed by atoms with Gasteiger partial charge in [-0.1, -0.05) is 0 Å². The molecule has 0 aliphatic carbocycles. The van der Waals surface area contributed by atoms with Gasteiger partial charge >= 0.3 is 0 Å². The van der Waals surface area contributed by atoms with Gasteiger partial charge in [-0.2, -0.15) is 0 Å². The third-order valence-electron chi connectivity index (χ3n) is 4.17. The molecule has 0 radical (unpaired) electrons. The van der Waals surface area contributed by atoms with Crippen LogP contribution in [0.5, 0.6) is 0 Å². The van der Waals surface area contributed by atoms with E-state index in [0.29, 0.717) is 5.92 Å². The molecule has 104 valence electrons. The van der Waals surface area contributed by atoms with E-state index < -0.39 is 0 Å².